The number of cyclic esters (lactones) is 1. The van der Waals surface area contributed by atoms with Crippen molar-refractivity contribution in [2.45, 2.75) is 38.7 Å². The molecule has 2 amide bonds. The van der Waals surface area contributed by atoms with E-state index in [1.165, 1.54) is 6.07 Å². The molecule has 0 spiro atoms. The summed E-state index contributed by atoms with van der Waals surface area (Å²) in [6, 6.07) is 24.8. The third-order valence-electron chi connectivity index (χ3n) is 8.94. The number of nitrogens with zero attached hydrogens (tertiary/aromatic N) is 2. The van der Waals surface area contributed by atoms with Gasteiger partial charge in [-0.25, -0.2) is 14.6 Å². The van der Waals surface area contributed by atoms with Crippen LogP contribution in [-0.2, 0) is 44.4 Å². The standard InChI is InChI=1S/C39H32N4O8/c1-3-16-40-35(44)29-18-27(41-38(47)51-28-11-6-5-7-12-28)15-14-25(29)21-48-23-50-39(4-2)31-19-33-34-26(17-24-10-8-9-13-32(24)42-34)20-43(33)36(45)30(31)22-49-37(39)46/h1,5-15,17-19H,4,16,20-23H2,2H3,(H,40,44)(H,41,47). The molecular formula is C39H32N4O8. The van der Waals surface area contributed by atoms with Crippen LogP contribution in [-0.4, -0.2) is 40.9 Å². The van der Waals surface area contributed by atoms with Crippen molar-refractivity contribution in [1.82, 2.24) is 14.9 Å². The van der Waals surface area contributed by atoms with Gasteiger partial charge in [0, 0.05) is 27.8 Å². The number of aromatic nitrogens is 2. The zero-order valence-corrected chi connectivity index (χ0v) is 27.6. The third kappa shape index (κ3) is 6.32. The summed E-state index contributed by atoms with van der Waals surface area (Å²) in [5.41, 5.74) is 2.77. The first kappa shape index (κ1) is 33.2. The number of hydrogen-bond acceptors (Lipinski definition) is 9. The van der Waals surface area contributed by atoms with Gasteiger partial charge in [0.05, 0.1) is 42.2 Å². The number of esters is 1. The topological polar surface area (TPSA) is 147 Å². The Labute approximate surface area is 292 Å². The lowest BCUT2D eigenvalue weighted by Crippen LogP contribution is -2.46. The Kier molecular flexibility index (Phi) is 9.06. The lowest BCUT2D eigenvalue weighted by molar-refractivity contribution is -0.201. The minimum atomic E-state index is -1.62. The molecule has 12 nitrogen and oxygen atoms in total. The van der Waals surface area contributed by atoms with Crippen LogP contribution in [0.1, 0.15) is 46.0 Å². The van der Waals surface area contributed by atoms with Crippen LogP contribution < -0.4 is 20.9 Å². The fraction of sp³-hybridized carbons (Fsp3) is 0.205. The number of fused-ring (bicyclic) bond motifs is 5. The van der Waals surface area contributed by atoms with Gasteiger partial charge < -0.3 is 28.8 Å². The number of benzene rings is 3. The number of para-hydroxylation sites is 2. The normalized spacial score (nSPS) is 15.6. The van der Waals surface area contributed by atoms with E-state index >= 15 is 0 Å². The predicted octanol–water partition coefficient (Wildman–Crippen LogP) is 5.25. The van der Waals surface area contributed by atoms with Crippen molar-refractivity contribution in [2.75, 3.05) is 18.7 Å². The van der Waals surface area contributed by atoms with E-state index in [-0.39, 0.29) is 44.1 Å². The highest BCUT2D eigenvalue weighted by atomic mass is 16.7. The van der Waals surface area contributed by atoms with Gasteiger partial charge in [-0.3, -0.25) is 14.9 Å². The summed E-state index contributed by atoms with van der Waals surface area (Å²) in [5.74, 6) is 1.59. The molecule has 4 heterocycles. The monoisotopic (exact) mass is 684 g/mol. The van der Waals surface area contributed by atoms with Crippen molar-refractivity contribution in [2.24, 2.45) is 0 Å². The van der Waals surface area contributed by atoms with Crippen LogP contribution in [0.15, 0.2) is 89.7 Å². The molecule has 1 unspecified atom stereocenters. The first-order valence-corrected chi connectivity index (χ1v) is 16.2. The fourth-order valence-electron chi connectivity index (χ4n) is 6.40. The highest BCUT2D eigenvalue weighted by Crippen LogP contribution is 2.41. The van der Waals surface area contributed by atoms with Crippen LogP contribution in [0.4, 0.5) is 10.5 Å². The van der Waals surface area contributed by atoms with Crippen molar-refractivity contribution in [3.05, 3.63) is 123 Å². The van der Waals surface area contributed by atoms with Gasteiger partial charge in [0.2, 0.25) is 0 Å². The van der Waals surface area contributed by atoms with E-state index < -0.39 is 23.6 Å². The summed E-state index contributed by atoms with van der Waals surface area (Å²) in [5, 5.41) is 6.20. The largest absolute Gasteiger partial charge is 0.458 e. The molecule has 0 aliphatic carbocycles. The second kappa shape index (κ2) is 13.9. The van der Waals surface area contributed by atoms with Crippen LogP contribution >= 0.6 is 0 Å². The average Bonchev–Trinajstić information content (AvgIpc) is 3.50. The number of rotatable bonds is 10. The van der Waals surface area contributed by atoms with Crippen molar-refractivity contribution >= 4 is 34.6 Å². The van der Waals surface area contributed by atoms with Crippen molar-refractivity contribution in [1.29, 1.82) is 0 Å². The fourth-order valence-corrected chi connectivity index (χ4v) is 6.40. The molecule has 0 saturated heterocycles. The number of ether oxygens (including phenoxy) is 4. The molecule has 0 fully saturated rings. The maximum atomic E-state index is 13.8. The van der Waals surface area contributed by atoms with E-state index in [9.17, 15) is 19.2 Å². The summed E-state index contributed by atoms with van der Waals surface area (Å²) < 4.78 is 24.5. The molecule has 2 aliphatic rings. The van der Waals surface area contributed by atoms with Gasteiger partial charge in [0.15, 0.2) is 5.60 Å². The molecule has 5 aromatic rings. The van der Waals surface area contributed by atoms with Gasteiger partial charge >= 0.3 is 12.1 Å². The van der Waals surface area contributed by atoms with Gasteiger partial charge in [-0.1, -0.05) is 55.3 Å². The van der Waals surface area contributed by atoms with Gasteiger partial charge in [0.1, 0.15) is 19.1 Å². The van der Waals surface area contributed by atoms with E-state index in [1.54, 1.807) is 60.0 Å². The highest BCUT2D eigenvalue weighted by Gasteiger charge is 2.48. The van der Waals surface area contributed by atoms with E-state index in [0.717, 1.165) is 16.5 Å². The minimum Gasteiger partial charge on any atom is -0.458 e. The Morgan fingerprint density at radius 1 is 1.04 bits per heavy atom. The molecule has 2 N–H and O–H groups in total. The second-order valence-electron chi connectivity index (χ2n) is 12.0. The molecule has 7 rings (SSSR count). The minimum absolute atomic E-state index is 0.0175. The SMILES string of the molecule is C#CCNC(=O)c1cc(NC(=O)Oc2ccccc2)ccc1COCOC1(CC)C(=O)OCc2c1cc1n(c2=O)Cc2cc3ccccc3nc2-1. The van der Waals surface area contributed by atoms with Crippen LogP contribution in [0.25, 0.3) is 22.3 Å². The quantitative estimate of drug-likeness (QED) is 0.0855. The molecule has 0 bridgehead atoms. The van der Waals surface area contributed by atoms with E-state index in [2.05, 4.69) is 16.6 Å². The van der Waals surface area contributed by atoms with E-state index in [4.69, 9.17) is 30.4 Å². The first-order chi connectivity index (χ1) is 24.8. The Morgan fingerprint density at radius 3 is 2.65 bits per heavy atom. The molecule has 2 aliphatic heterocycles. The van der Waals surface area contributed by atoms with Crippen LogP contribution in [0.2, 0.25) is 0 Å². The van der Waals surface area contributed by atoms with E-state index in [0.29, 0.717) is 46.1 Å². The molecule has 1 atom stereocenters. The van der Waals surface area contributed by atoms with Gasteiger partial charge in [-0.15, -0.1) is 6.42 Å². The molecule has 2 aromatic heterocycles. The number of amides is 2. The molecule has 0 radical (unpaired) electrons. The molecule has 12 heteroatoms. The number of nitrogens with one attached hydrogen (secondary N) is 2. The highest BCUT2D eigenvalue weighted by molar-refractivity contribution is 5.98. The predicted molar refractivity (Wildman–Crippen MR) is 187 cm³/mol. The lowest BCUT2D eigenvalue weighted by Gasteiger charge is -2.36. The number of pyridine rings is 2. The van der Waals surface area contributed by atoms with Crippen LogP contribution in [0.3, 0.4) is 0 Å². The molecule has 51 heavy (non-hydrogen) atoms. The number of anilines is 1. The Balaban J connectivity index is 1.11. The summed E-state index contributed by atoms with van der Waals surface area (Å²) in [6.45, 7) is 1.44. The van der Waals surface area contributed by atoms with Crippen LogP contribution in [0, 0.1) is 12.3 Å². The number of carbonyl (C=O) groups excluding carboxylic acids is 3. The summed E-state index contributed by atoms with van der Waals surface area (Å²) >= 11 is 0. The van der Waals surface area contributed by atoms with Crippen molar-refractivity contribution in [3.63, 3.8) is 0 Å². The lowest BCUT2D eigenvalue weighted by atomic mass is 9.85. The Bertz CT molecular complexity index is 2300. The summed E-state index contributed by atoms with van der Waals surface area (Å²) in [7, 11) is 0. The first-order valence-electron chi connectivity index (χ1n) is 16.2. The summed E-state index contributed by atoms with van der Waals surface area (Å²) in [6.07, 6.45) is 4.76. The Hall–Kier alpha value is -6.29. The molecular weight excluding hydrogens is 652 g/mol. The Morgan fingerprint density at radius 2 is 1.84 bits per heavy atom. The number of terminal acetylenes is 1. The van der Waals surface area contributed by atoms with Gasteiger partial charge in [-0.05, 0) is 54.4 Å². The van der Waals surface area contributed by atoms with Crippen molar-refractivity contribution < 1.29 is 33.3 Å². The molecule has 256 valence electrons. The zero-order chi connectivity index (χ0) is 35.5. The zero-order valence-electron chi connectivity index (χ0n) is 27.6. The van der Waals surface area contributed by atoms with Crippen LogP contribution in [0.5, 0.6) is 5.75 Å². The van der Waals surface area contributed by atoms with E-state index in [1.807, 2.05) is 30.3 Å². The molecule has 3 aromatic carbocycles. The number of carbonyl (C=O) groups is 3. The third-order valence-corrected chi connectivity index (χ3v) is 8.94. The summed E-state index contributed by atoms with van der Waals surface area (Å²) in [4.78, 5) is 57.7. The van der Waals surface area contributed by atoms with Gasteiger partial charge in [0.25, 0.3) is 11.5 Å². The van der Waals surface area contributed by atoms with Gasteiger partial charge in [-0.2, -0.15) is 0 Å². The maximum absolute atomic E-state index is 13.8. The molecule has 0 saturated carbocycles. The average molecular weight is 685 g/mol. The maximum Gasteiger partial charge on any atom is 0.417 e. The number of hydrogen-bond donors (Lipinski definition) is 2. The second-order valence-corrected chi connectivity index (χ2v) is 12.0. The van der Waals surface area contributed by atoms with Crippen molar-refractivity contribution in [3.8, 4) is 29.5 Å². The smallest absolute Gasteiger partial charge is 0.417 e.